The van der Waals surface area contributed by atoms with Crippen LogP contribution in [0, 0.1) is 17.8 Å². The van der Waals surface area contributed by atoms with E-state index in [4.69, 9.17) is 22.4 Å². The second kappa shape index (κ2) is 22.3. The van der Waals surface area contributed by atoms with Gasteiger partial charge in [-0.15, -0.1) is 0 Å². The van der Waals surface area contributed by atoms with Gasteiger partial charge in [-0.3, -0.25) is 13.9 Å². The highest BCUT2D eigenvalue weighted by Crippen LogP contribution is 2.37. The summed E-state index contributed by atoms with van der Waals surface area (Å²) in [7, 11) is 4.02. The number of pyridine rings is 1. The molecule has 4 rings (SSSR count). The number of thiol groups is 1. The summed E-state index contributed by atoms with van der Waals surface area (Å²) in [6.07, 6.45) is 15.2. The first-order chi connectivity index (χ1) is 21.1. The summed E-state index contributed by atoms with van der Waals surface area (Å²) in [4.78, 5) is 37.8. The van der Waals surface area contributed by atoms with Crippen LogP contribution in [0.2, 0.25) is 5.15 Å². The highest BCUT2D eigenvalue weighted by molar-refractivity contribution is 7.78. The van der Waals surface area contributed by atoms with Crippen molar-refractivity contribution in [2.75, 3.05) is 32.6 Å². The number of hydrogen-bond donors (Lipinski definition) is 5. The molecule has 1 saturated heterocycles. The van der Waals surface area contributed by atoms with Crippen molar-refractivity contribution in [3.63, 3.8) is 0 Å². The number of fused-ring (bicyclic) bond motifs is 1. The lowest BCUT2D eigenvalue weighted by Gasteiger charge is -2.31. The number of nitrogens with two attached hydrogens (primary N) is 1. The lowest BCUT2D eigenvalue weighted by Crippen LogP contribution is -2.30. The maximum atomic E-state index is 11.9. The number of hydrogen-bond acceptors (Lipinski definition) is 8. The van der Waals surface area contributed by atoms with Gasteiger partial charge in [0.25, 0.3) is 0 Å². The van der Waals surface area contributed by atoms with Crippen molar-refractivity contribution in [1.29, 1.82) is 0 Å². The molecular formula is C31H52ClFN6O4S. The molecule has 13 heteroatoms. The van der Waals surface area contributed by atoms with Crippen LogP contribution in [-0.2, 0) is 9.59 Å². The van der Waals surface area contributed by atoms with Gasteiger partial charge in [0.2, 0.25) is 6.41 Å². The van der Waals surface area contributed by atoms with Gasteiger partial charge in [0.05, 0.1) is 5.69 Å². The number of carbonyl (C=O) groups is 3. The summed E-state index contributed by atoms with van der Waals surface area (Å²) < 4.78 is 15.7. The van der Waals surface area contributed by atoms with E-state index >= 15 is 0 Å². The zero-order valence-electron chi connectivity index (χ0n) is 26.6. The molecule has 1 aliphatic carbocycles. The summed E-state index contributed by atoms with van der Waals surface area (Å²) in [5.74, 6) is 1.02. The van der Waals surface area contributed by atoms with E-state index in [0.29, 0.717) is 24.2 Å². The van der Waals surface area contributed by atoms with E-state index in [1.165, 1.54) is 55.7 Å². The zero-order chi connectivity index (χ0) is 33.1. The fraction of sp³-hybridized carbons (Fsp3) is 0.677. The highest BCUT2D eigenvalue weighted by atomic mass is 35.5. The lowest BCUT2D eigenvalue weighted by molar-refractivity contribution is -0.111. The number of aromatic carboxylic acids is 1. The molecule has 250 valence electrons. The fourth-order valence-electron chi connectivity index (χ4n) is 5.71. The minimum Gasteiger partial charge on any atom is -0.476 e. The average molecular weight is 659 g/mol. The van der Waals surface area contributed by atoms with Crippen LogP contribution in [0.25, 0.3) is 5.65 Å². The van der Waals surface area contributed by atoms with Crippen molar-refractivity contribution in [2.24, 2.45) is 23.5 Å². The van der Waals surface area contributed by atoms with Crippen LogP contribution >= 0.6 is 24.4 Å². The van der Waals surface area contributed by atoms with Crippen molar-refractivity contribution in [3.8, 4) is 0 Å². The summed E-state index contributed by atoms with van der Waals surface area (Å²) in [5, 5.41) is 11.2. The number of nitrogens with one attached hydrogen (secondary N) is 2. The molecule has 0 spiro atoms. The van der Waals surface area contributed by atoms with Crippen molar-refractivity contribution in [3.05, 3.63) is 29.2 Å². The number of carboxylic acids is 1. The molecule has 2 aromatic rings. The maximum Gasteiger partial charge on any atom is 0.357 e. The Hall–Kier alpha value is -2.25. The monoisotopic (exact) mass is 658 g/mol. The van der Waals surface area contributed by atoms with Gasteiger partial charge in [-0.1, -0.05) is 69.9 Å². The minimum absolute atomic E-state index is 0.00273. The van der Waals surface area contributed by atoms with Crippen LogP contribution in [-0.4, -0.2) is 77.5 Å². The molecule has 2 aromatic heterocycles. The van der Waals surface area contributed by atoms with E-state index in [9.17, 15) is 18.8 Å². The number of anilines is 1. The third-order valence-electron chi connectivity index (χ3n) is 8.44. The third kappa shape index (κ3) is 13.4. The fourth-order valence-corrected chi connectivity index (χ4v) is 5.97. The van der Waals surface area contributed by atoms with Crippen molar-refractivity contribution >= 4 is 54.4 Å². The van der Waals surface area contributed by atoms with E-state index < -0.39 is 12.6 Å². The Morgan fingerprint density at radius 2 is 1.91 bits per heavy atom. The zero-order valence-corrected chi connectivity index (χ0v) is 28.2. The maximum absolute atomic E-state index is 11.9. The molecule has 44 heavy (non-hydrogen) atoms. The van der Waals surface area contributed by atoms with Gasteiger partial charge in [-0.25, -0.2) is 14.2 Å². The second-order valence-corrected chi connectivity index (χ2v) is 12.2. The molecule has 1 saturated carbocycles. The predicted octanol–water partition coefficient (Wildman–Crippen LogP) is 5.89. The summed E-state index contributed by atoms with van der Waals surface area (Å²) >= 11 is 9.37. The number of aromatic nitrogens is 2. The van der Waals surface area contributed by atoms with Gasteiger partial charge >= 0.3 is 5.97 Å². The SMILES string of the molecule is CC1C(C2CCCCC2)CCN1C.CCC(C=O)CCCC(N)CF.CNS.O=CNc1ccc2nc(C(=O)O)c(Cl)n2c1. The molecule has 2 fully saturated rings. The van der Waals surface area contributed by atoms with Gasteiger partial charge in [0.1, 0.15) is 23.8 Å². The van der Waals surface area contributed by atoms with Crippen LogP contribution in [0.1, 0.15) is 88.5 Å². The molecule has 2 aliphatic rings. The number of imidazole rings is 1. The second-order valence-electron chi connectivity index (χ2n) is 11.4. The van der Waals surface area contributed by atoms with Crippen molar-refractivity contribution < 1.29 is 23.9 Å². The molecule has 4 atom stereocenters. The van der Waals surface area contributed by atoms with Crippen molar-refractivity contribution in [1.82, 2.24) is 19.0 Å². The van der Waals surface area contributed by atoms with E-state index in [-0.39, 0.29) is 22.8 Å². The molecule has 0 radical (unpaired) electrons. The summed E-state index contributed by atoms with van der Waals surface area (Å²) in [6, 6.07) is 3.67. The molecule has 0 bridgehead atoms. The molecule has 1 amide bonds. The Balaban J connectivity index is 0.000000319. The highest BCUT2D eigenvalue weighted by Gasteiger charge is 2.34. The quantitative estimate of drug-likeness (QED) is 0.149. The molecule has 3 heterocycles. The predicted molar refractivity (Wildman–Crippen MR) is 179 cm³/mol. The van der Waals surface area contributed by atoms with Crippen LogP contribution < -0.4 is 15.8 Å². The first kappa shape index (κ1) is 39.8. The first-order valence-electron chi connectivity index (χ1n) is 15.5. The number of amides is 1. The Morgan fingerprint density at radius 3 is 2.41 bits per heavy atom. The van der Waals surface area contributed by atoms with Gasteiger partial charge < -0.3 is 25.9 Å². The Morgan fingerprint density at radius 1 is 1.25 bits per heavy atom. The number of likely N-dealkylation sites (tertiary alicyclic amines) is 1. The summed E-state index contributed by atoms with van der Waals surface area (Å²) in [5.41, 5.74) is 6.06. The number of carboxylic acid groups (broad SMARTS) is 1. The Bertz CT molecular complexity index is 1120. The first-order valence-corrected chi connectivity index (χ1v) is 16.3. The van der Waals surface area contributed by atoms with Crippen molar-refractivity contribution in [2.45, 2.75) is 90.1 Å². The number of rotatable bonds is 11. The van der Waals surface area contributed by atoms with Crippen LogP contribution in [0.3, 0.4) is 0 Å². The van der Waals surface area contributed by atoms with E-state index in [1.54, 1.807) is 19.2 Å². The van der Waals surface area contributed by atoms with Crippen LogP contribution in [0.15, 0.2) is 18.3 Å². The third-order valence-corrected chi connectivity index (χ3v) is 8.80. The largest absolute Gasteiger partial charge is 0.476 e. The van der Waals surface area contributed by atoms with Gasteiger partial charge in [-0.2, -0.15) is 0 Å². The molecule has 1 aliphatic heterocycles. The lowest BCUT2D eigenvalue weighted by atomic mass is 9.77. The number of halogens is 2. The van der Waals surface area contributed by atoms with Gasteiger partial charge in [0, 0.05) is 24.2 Å². The van der Waals surface area contributed by atoms with Gasteiger partial charge in [0.15, 0.2) is 5.69 Å². The van der Waals surface area contributed by atoms with Gasteiger partial charge in [-0.05, 0) is 77.2 Å². The van der Waals surface area contributed by atoms with E-state index in [2.05, 4.69) is 46.7 Å². The molecular weight excluding hydrogens is 607 g/mol. The average Bonchev–Trinajstić information content (AvgIpc) is 3.54. The molecule has 10 nitrogen and oxygen atoms in total. The Labute approximate surface area is 272 Å². The normalized spacial score (nSPS) is 19.7. The van der Waals surface area contributed by atoms with E-state index in [0.717, 1.165) is 43.4 Å². The smallest absolute Gasteiger partial charge is 0.357 e. The van der Waals surface area contributed by atoms with Crippen LogP contribution in [0.4, 0.5) is 10.1 Å². The number of carbonyl (C=O) groups excluding carboxylic acids is 2. The topological polar surface area (TPSA) is 142 Å². The number of aldehydes is 1. The standard InChI is InChI=1S/C12H23N.C9H6ClN3O3.C9H18FNO.CH5NS/c1-10-12(8-9-13(10)2)11-6-4-3-5-7-11;10-8-7(9(15)16)12-6-2-1-5(11-4-14)3-13(6)8;1-2-8(7-12)4-3-5-9(11)6-10;1-2-3/h10-12H,3-9H2,1-2H3;1-4H,(H,11,14)(H,15,16);7-9H,2-6,11H2,1H3;2-3H,1H3. The Kier molecular flexibility index (Phi) is 20.1. The molecule has 5 N–H and O–H groups in total. The molecule has 4 unspecified atom stereocenters. The van der Waals surface area contributed by atoms with Crippen LogP contribution in [0.5, 0.6) is 0 Å². The molecule has 0 aromatic carbocycles. The number of nitrogens with zero attached hydrogens (tertiary/aromatic N) is 3. The number of alkyl halides is 1. The minimum atomic E-state index is -1.20. The van der Waals surface area contributed by atoms with E-state index in [1.807, 2.05) is 6.92 Å². The summed E-state index contributed by atoms with van der Waals surface area (Å²) in [6.45, 7) is 5.28.